The number of halogens is 1. The third kappa shape index (κ3) is 3.76. The second-order valence-electron chi connectivity index (χ2n) is 3.52. The molecule has 0 radical (unpaired) electrons. The first kappa shape index (κ1) is 12.0. The van der Waals surface area contributed by atoms with Crippen molar-refractivity contribution in [2.45, 2.75) is 6.61 Å². The van der Waals surface area contributed by atoms with E-state index in [1.54, 1.807) is 0 Å². The Balaban J connectivity index is 1.91. The first-order valence-corrected chi connectivity index (χ1v) is 6.06. The molecule has 2 rings (SSSR count). The lowest BCUT2D eigenvalue weighted by Crippen LogP contribution is -2.07. The van der Waals surface area contributed by atoms with E-state index in [0.717, 1.165) is 17.0 Å². The summed E-state index contributed by atoms with van der Waals surface area (Å²) in [5.74, 6) is 0.856. The van der Waals surface area contributed by atoms with Crippen molar-refractivity contribution >= 4 is 21.8 Å². The molecule has 0 heterocycles. The Morgan fingerprint density at radius 3 is 2.29 bits per heavy atom. The number of hydrazine groups is 1. The summed E-state index contributed by atoms with van der Waals surface area (Å²) < 4.78 is 8.35. The van der Waals surface area contributed by atoms with Crippen LogP contribution in [-0.2, 0) is 6.61 Å². The van der Waals surface area contributed by atoms with E-state index >= 15 is 0 Å². The molecule has 0 saturated heterocycles. The van der Waals surface area contributed by atoms with E-state index in [2.05, 4.69) is 26.0 Å². The summed E-state index contributed by atoms with van der Waals surface area (Å²) in [6.07, 6.45) is 0. The summed E-state index contributed by atoms with van der Waals surface area (Å²) in [6.45, 7) is 0.588. The molecule has 88 valence electrons. The van der Waals surface area contributed by atoms with Crippen molar-refractivity contribution in [3.05, 3.63) is 60.2 Å². The fourth-order valence-electron chi connectivity index (χ4n) is 1.43. The number of rotatable bonds is 5. The van der Waals surface area contributed by atoms with Gasteiger partial charge in [0.2, 0.25) is 0 Å². The quantitative estimate of drug-likeness (QED) is 0.654. The number of ether oxygens (including phenoxy) is 1. The van der Waals surface area contributed by atoms with Crippen molar-refractivity contribution in [3.63, 3.8) is 0 Å². The molecule has 0 saturated carbocycles. The fourth-order valence-corrected chi connectivity index (χ4v) is 1.66. The van der Waals surface area contributed by atoms with Gasteiger partial charge in [-0.05, 0) is 29.8 Å². The van der Waals surface area contributed by atoms with Gasteiger partial charge in [-0.15, -0.1) is 0 Å². The van der Waals surface area contributed by atoms with Crippen LogP contribution in [0.3, 0.4) is 0 Å². The SMILES string of the molecule is BrNNc1ccc(OCc2ccccc2)cc1. The molecule has 4 heteroatoms. The average molecular weight is 293 g/mol. The van der Waals surface area contributed by atoms with E-state index in [1.807, 2.05) is 54.6 Å². The Labute approximate surface area is 109 Å². The van der Waals surface area contributed by atoms with Gasteiger partial charge in [0.05, 0.1) is 0 Å². The van der Waals surface area contributed by atoms with Gasteiger partial charge in [0, 0.05) is 21.8 Å². The van der Waals surface area contributed by atoms with E-state index in [4.69, 9.17) is 4.74 Å². The van der Waals surface area contributed by atoms with Gasteiger partial charge in [-0.25, -0.2) is 0 Å². The van der Waals surface area contributed by atoms with Gasteiger partial charge in [-0.3, -0.25) is 0 Å². The zero-order valence-corrected chi connectivity index (χ0v) is 10.8. The highest BCUT2D eigenvalue weighted by atomic mass is 79.9. The molecule has 17 heavy (non-hydrogen) atoms. The molecule has 3 nitrogen and oxygen atoms in total. The molecule has 2 aromatic rings. The van der Waals surface area contributed by atoms with Crippen LogP contribution in [0.15, 0.2) is 54.6 Å². The first-order valence-electron chi connectivity index (χ1n) is 5.27. The van der Waals surface area contributed by atoms with Crippen LogP contribution in [0.25, 0.3) is 0 Å². The second kappa shape index (κ2) is 6.27. The van der Waals surface area contributed by atoms with Crippen LogP contribution in [0, 0.1) is 0 Å². The fraction of sp³-hybridized carbons (Fsp3) is 0.0769. The molecule has 0 aliphatic rings. The van der Waals surface area contributed by atoms with Gasteiger partial charge < -0.3 is 10.2 Å². The lowest BCUT2D eigenvalue weighted by Gasteiger charge is -2.07. The third-order valence-corrected chi connectivity index (χ3v) is 2.49. The molecule has 0 aliphatic heterocycles. The topological polar surface area (TPSA) is 33.3 Å². The molecule has 0 aliphatic carbocycles. The Morgan fingerprint density at radius 2 is 1.65 bits per heavy atom. The van der Waals surface area contributed by atoms with Gasteiger partial charge in [0.15, 0.2) is 0 Å². The highest BCUT2D eigenvalue weighted by Gasteiger charge is 1.96. The molecule has 0 amide bonds. The van der Waals surface area contributed by atoms with Crippen LogP contribution in [-0.4, -0.2) is 0 Å². The monoisotopic (exact) mass is 292 g/mol. The summed E-state index contributed by atoms with van der Waals surface area (Å²) in [7, 11) is 0. The Kier molecular flexibility index (Phi) is 4.41. The number of hydrogen-bond donors (Lipinski definition) is 2. The molecule has 0 fully saturated rings. The summed E-state index contributed by atoms with van der Waals surface area (Å²) in [5, 5.41) is 0. The number of hydrogen-bond acceptors (Lipinski definition) is 3. The predicted octanol–water partition coefficient (Wildman–Crippen LogP) is 3.49. The first-order chi connectivity index (χ1) is 8.38. The second-order valence-corrected chi connectivity index (χ2v) is 3.91. The van der Waals surface area contributed by atoms with Crippen molar-refractivity contribution < 1.29 is 4.74 Å². The highest BCUT2D eigenvalue weighted by Crippen LogP contribution is 2.16. The van der Waals surface area contributed by atoms with Gasteiger partial charge >= 0.3 is 0 Å². The van der Waals surface area contributed by atoms with Gasteiger partial charge in [-0.1, -0.05) is 30.3 Å². The summed E-state index contributed by atoms with van der Waals surface area (Å²) in [6, 6.07) is 17.8. The lowest BCUT2D eigenvalue weighted by atomic mass is 10.2. The minimum Gasteiger partial charge on any atom is -0.489 e. The molecule has 0 spiro atoms. The molecule has 0 aromatic heterocycles. The molecule has 0 bridgehead atoms. The average Bonchev–Trinajstić information content (AvgIpc) is 2.40. The van der Waals surface area contributed by atoms with Crippen molar-refractivity contribution in [2.75, 3.05) is 5.43 Å². The summed E-state index contributed by atoms with van der Waals surface area (Å²) >= 11 is 3.07. The van der Waals surface area contributed by atoms with Gasteiger partial charge in [0.1, 0.15) is 12.4 Å². The number of nitrogens with one attached hydrogen (secondary N) is 2. The molecule has 2 aromatic carbocycles. The van der Waals surface area contributed by atoms with Crippen molar-refractivity contribution in [1.82, 2.24) is 4.45 Å². The van der Waals surface area contributed by atoms with Crippen LogP contribution in [0.4, 0.5) is 5.69 Å². The number of benzene rings is 2. The zero-order valence-electron chi connectivity index (χ0n) is 9.19. The van der Waals surface area contributed by atoms with Crippen LogP contribution >= 0.6 is 16.1 Å². The van der Waals surface area contributed by atoms with Crippen molar-refractivity contribution in [2.24, 2.45) is 0 Å². The maximum absolute atomic E-state index is 5.67. The van der Waals surface area contributed by atoms with E-state index < -0.39 is 0 Å². The standard InChI is InChI=1S/C13H13BrN2O/c14-16-15-12-6-8-13(9-7-12)17-10-11-4-2-1-3-5-11/h1-9,15-16H,10H2. The molecular weight excluding hydrogens is 280 g/mol. The van der Waals surface area contributed by atoms with Crippen LogP contribution in [0.5, 0.6) is 5.75 Å². The lowest BCUT2D eigenvalue weighted by molar-refractivity contribution is 0.306. The minimum absolute atomic E-state index is 0.588. The Hall–Kier alpha value is -1.52. The predicted molar refractivity (Wildman–Crippen MR) is 72.9 cm³/mol. The summed E-state index contributed by atoms with van der Waals surface area (Å²) in [5.41, 5.74) is 5.05. The van der Waals surface area contributed by atoms with Gasteiger partial charge in [0.25, 0.3) is 0 Å². The maximum Gasteiger partial charge on any atom is 0.119 e. The molecule has 0 unspecified atom stereocenters. The maximum atomic E-state index is 5.67. The van der Waals surface area contributed by atoms with Crippen LogP contribution in [0.2, 0.25) is 0 Å². The van der Waals surface area contributed by atoms with E-state index in [-0.39, 0.29) is 0 Å². The Bertz CT molecular complexity index is 445. The third-order valence-electron chi connectivity index (χ3n) is 2.29. The zero-order chi connectivity index (χ0) is 11.9. The van der Waals surface area contributed by atoms with Crippen LogP contribution < -0.4 is 14.6 Å². The van der Waals surface area contributed by atoms with Crippen molar-refractivity contribution in [1.29, 1.82) is 0 Å². The van der Waals surface area contributed by atoms with E-state index in [1.165, 1.54) is 0 Å². The number of anilines is 1. The summed E-state index contributed by atoms with van der Waals surface area (Å²) in [4.78, 5) is 0. The van der Waals surface area contributed by atoms with Crippen molar-refractivity contribution in [3.8, 4) is 5.75 Å². The molecule has 0 atom stereocenters. The molecule has 2 N–H and O–H groups in total. The van der Waals surface area contributed by atoms with Gasteiger partial charge in [-0.2, -0.15) is 4.45 Å². The smallest absolute Gasteiger partial charge is 0.119 e. The highest BCUT2D eigenvalue weighted by molar-refractivity contribution is 9.08. The minimum atomic E-state index is 0.588. The van der Waals surface area contributed by atoms with E-state index in [9.17, 15) is 0 Å². The normalized spacial score (nSPS) is 9.94. The Morgan fingerprint density at radius 1 is 0.941 bits per heavy atom. The largest absolute Gasteiger partial charge is 0.489 e. The molecular formula is C13H13BrN2O. The van der Waals surface area contributed by atoms with E-state index in [0.29, 0.717) is 6.61 Å². The van der Waals surface area contributed by atoms with Crippen LogP contribution in [0.1, 0.15) is 5.56 Å².